The van der Waals surface area contributed by atoms with Crippen LogP contribution < -0.4 is 10.6 Å². The van der Waals surface area contributed by atoms with Crippen molar-refractivity contribution in [3.63, 3.8) is 0 Å². The van der Waals surface area contributed by atoms with Crippen molar-refractivity contribution in [2.75, 3.05) is 6.54 Å². The van der Waals surface area contributed by atoms with Gasteiger partial charge >= 0.3 is 12.2 Å². The number of amides is 3. The molecule has 0 radical (unpaired) electrons. The fourth-order valence-corrected chi connectivity index (χ4v) is 3.07. The summed E-state index contributed by atoms with van der Waals surface area (Å²) in [6, 6.07) is 0.903. The van der Waals surface area contributed by atoms with E-state index in [0.717, 1.165) is 0 Å². The lowest BCUT2D eigenvalue weighted by atomic mass is 10.00. The minimum absolute atomic E-state index is 0.00305. The molecule has 126 valence electrons. The van der Waals surface area contributed by atoms with Crippen LogP contribution in [0.5, 0.6) is 0 Å². The second-order valence-electron chi connectivity index (χ2n) is 5.96. The van der Waals surface area contributed by atoms with Gasteiger partial charge in [-0.3, -0.25) is 10.1 Å². The van der Waals surface area contributed by atoms with Crippen LogP contribution in [0.1, 0.15) is 29.5 Å². The Morgan fingerprint density at radius 2 is 2.08 bits per heavy atom. The van der Waals surface area contributed by atoms with Crippen molar-refractivity contribution in [1.82, 2.24) is 25.2 Å². The van der Waals surface area contributed by atoms with Crippen molar-refractivity contribution < 1.29 is 22.8 Å². The molecule has 2 aliphatic rings. The van der Waals surface area contributed by atoms with E-state index in [-0.39, 0.29) is 13.0 Å². The number of alkyl halides is 3. The molecule has 2 aromatic rings. The van der Waals surface area contributed by atoms with Gasteiger partial charge < -0.3 is 5.32 Å². The molecule has 10 heteroatoms. The second kappa shape index (κ2) is 4.92. The highest BCUT2D eigenvalue weighted by atomic mass is 19.4. The maximum absolute atomic E-state index is 12.9. The number of hydrogen-bond acceptors (Lipinski definition) is 4. The van der Waals surface area contributed by atoms with Crippen LogP contribution in [0.15, 0.2) is 18.5 Å². The highest BCUT2D eigenvalue weighted by Crippen LogP contribution is 2.56. The van der Waals surface area contributed by atoms with Crippen LogP contribution >= 0.6 is 0 Å². The third-order valence-electron chi connectivity index (χ3n) is 4.39. The maximum Gasteiger partial charge on any atom is 0.392 e. The van der Waals surface area contributed by atoms with Crippen LogP contribution in [0.4, 0.5) is 18.0 Å². The third-order valence-corrected chi connectivity index (χ3v) is 4.39. The number of hydrogen-bond donors (Lipinski definition) is 2. The third kappa shape index (κ3) is 2.38. The molecular weight excluding hydrogens is 327 g/mol. The highest BCUT2D eigenvalue weighted by Gasteiger charge is 2.57. The van der Waals surface area contributed by atoms with E-state index in [1.165, 1.54) is 23.0 Å². The lowest BCUT2D eigenvalue weighted by Crippen LogP contribution is -2.51. The monoisotopic (exact) mass is 339 g/mol. The van der Waals surface area contributed by atoms with Crippen molar-refractivity contribution in [2.45, 2.75) is 24.4 Å². The van der Waals surface area contributed by atoms with Crippen LogP contribution in [-0.2, 0) is 4.79 Å². The molecule has 3 heterocycles. The van der Waals surface area contributed by atoms with Gasteiger partial charge in [0.25, 0.3) is 0 Å². The summed E-state index contributed by atoms with van der Waals surface area (Å²) in [7, 11) is 0. The summed E-state index contributed by atoms with van der Waals surface area (Å²) in [5.41, 5.74) is 1.09. The first-order valence-electron chi connectivity index (χ1n) is 7.34. The van der Waals surface area contributed by atoms with E-state index >= 15 is 0 Å². The molecule has 1 saturated heterocycles. The molecule has 4 rings (SSSR count). The smallest absolute Gasteiger partial charge is 0.337 e. The van der Waals surface area contributed by atoms with E-state index in [0.29, 0.717) is 16.9 Å². The Morgan fingerprint density at radius 3 is 2.75 bits per heavy atom. The predicted octanol–water partition coefficient (Wildman–Crippen LogP) is 1.32. The summed E-state index contributed by atoms with van der Waals surface area (Å²) >= 11 is 0. The molecule has 2 fully saturated rings. The summed E-state index contributed by atoms with van der Waals surface area (Å²) < 4.78 is 40.1. The molecule has 3 atom stereocenters. The molecule has 1 aliphatic carbocycles. The Morgan fingerprint density at radius 1 is 1.29 bits per heavy atom. The maximum atomic E-state index is 12.9. The summed E-state index contributed by atoms with van der Waals surface area (Å²) in [6.45, 7) is 0.0463. The quantitative estimate of drug-likeness (QED) is 0.864. The number of rotatable bonds is 2. The zero-order valence-corrected chi connectivity index (χ0v) is 12.2. The first-order chi connectivity index (χ1) is 11.3. The van der Waals surface area contributed by atoms with E-state index < -0.39 is 35.9 Å². The Hall–Kier alpha value is -2.65. The van der Waals surface area contributed by atoms with Crippen molar-refractivity contribution in [1.29, 1.82) is 0 Å². The molecule has 3 amide bonds. The topological polar surface area (TPSA) is 88.4 Å². The molecule has 1 saturated carbocycles. The molecular formula is C14H12F3N5O2. The summed E-state index contributed by atoms with van der Waals surface area (Å²) in [5.74, 6) is -3.36. The number of fused-ring (bicyclic) bond motifs is 1. The second-order valence-corrected chi connectivity index (χ2v) is 5.96. The van der Waals surface area contributed by atoms with Gasteiger partial charge in [-0.2, -0.15) is 18.3 Å². The molecule has 0 aromatic carbocycles. The van der Waals surface area contributed by atoms with E-state index in [1.54, 1.807) is 0 Å². The average Bonchev–Trinajstić information content (AvgIpc) is 3.17. The minimum atomic E-state index is -4.26. The summed E-state index contributed by atoms with van der Waals surface area (Å²) in [5, 5.41) is 8.87. The van der Waals surface area contributed by atoms with E-state index in [1.807, 2.05) is 0 Å². The number of carbonyl (C=O) groups is 2. The van der Waals surface area contributed by atoms with Crippen molar-refractivity contribution in [3.8, 4) is 0 Å². The van der Waals surface area contributed by atoms with Gasteiger partial charge in [0.1, 0.15) is 0 Å². The van der Waals surface area contributed by atoms with Crippen molar-refractivity contribution in [2.24, 2.45) is 5.92 Å². The normalized spacial score (nSPS) is 27.0. The van der Waals surface area contributed by atoms with Gasteiger partial charge in [-0.15, -0.1) is 0 Å². The zero-order valence-electron chi connectivity index (χ0n) is 12.2. The largest absolute Gasteiger partial charge is 0.392 e. The van der Waals surface area contributed by atoms with E-state index in [4.69, 9.17) is 0 Å². The first-order valence-corrected chi connectivity index (χ1v) is 7.34. The number of halogens is 3. The van der Waals surface area contributed by atoms with Crippen LogP contribution in [0, 0.1) is 5.92 Å². The molecule has 2 aromatic heterocycles. The van der Waals surface area contributed by atoms with Gasteiger partial charge in [-0.05, 0) is 18.4 Å². The summed E-state index contributed by atoms with van der Waals surface area (Å²) in [6.07, 6.45) is -1.28. The Kier molecular flexibility index (Phi) is 3.06. The van der Waals surface area contributed by atoms with Gasteiger partial charge in [0.05, 0.1) is 17.5 Å². The Labute approximate surface area is 133 Å². The number of carbonyl (C=O) groups excluding carboxylic acids is 2. The lowest BCUT2D eigenvalue weighted by Gasteiger charge is -2.22. The van der Waals surface area contributed by atoms with Gasteiger partial charge in [0, 0.05) is 24.5 Å². The Balaban J connectivity index is 1.74. The zero-order chi connectivity index (χ0) is 17.1. The molecule has 24 heavy (non-hydrogen) atoms. The molecule has 1 aliphatic heterocycles. The van der Waals surface area contributed by atoms with Crippen LogP contribution in [0.25, 0.3) is 5.65 Å². The van der Waals surface area contributed by atoms with Crippen LogP contribution in [0.2, 0.25) is 0 Å². The average molecular weight is 339 g/mol. The predicted molar refractivity (Wildman–Crippen MR) is 74.2 cm³/mol. The molecule has 2 N–H and O–H groups in total. The fourth-order valence-electron chi connectivity index (χ4n) is 3.07. The minimum Gasteiger partial charge on any atom is -0.337 e. The molecule has 1 unspecified atom stereocenters. The first kappa shape index (κ1) is 14.9. The number of nitrogens with one attached hydrogen (secondary N) is 2. The van der Waals surface area contributed by atoms with Gasteiger partial charge in [0.15, 0.2) is 5.65 Å². The highest BCUT2D eigenvalue weighted by molar-refractivity contribution is 6.00. The van der Waals surface area contributed by atoms with Crippen LogP contribution in [-0.4, -0.2) is 39.3 Å². The standard InChI is InChI=1S/C14H12F3N5O2/c15-14(16,17)9-3-6(9)7-4-10(21-22-2-1-18-11(7)22)8-5-19-13(24)20-12(8)23/h1-2,4,6,8-9H,3,5H2,(H2,19,20,23,24)/t6-,8?,9+/m1/s1. The number of aromatic nitrogens is 3. The van der Waals surface area contributed by atoms with Gasteiger partial charge in [-0.1, -0.05) is 0 Å². The Bertz CT molecular complexity index is 847. The number of imide groups is 1. The van der Waals surface area contributed by atoms with E-state index in [2.05, 4.69) is 20.7 Å². The van der Waals surface area contributed by atoms with Crippen molar-refractivity contribution in [3.05, 3.63) is 29.7 Å². The SMILES string of the molecule is O=C1NCC(c2cc([C@H]3C[C@@H]3C(F)(F)F)c3nccn3n2)C(=O)N1. The lowest BCUT2D eigenvalue weighted by molar-refractivity contribution is -0.148. The number of urea groups is 1. The fraction of sp³-hybridized carbons (Fsp3) is 0.429. The van der Waals surface area contributed by atoms with Crippen molar-refractivity contribution >= 4 is 17.6 Å². The summed E-state index contributed by atoms with van der Waals surface area (Å²) in [4.78, 5) is 27.2. The number of nitrogens with zero attached hydrogens (tertiary/aromatic N) is 3. The van der Waals surface area contributed by atoms with Crippen LogP contribution in [0.3, 0.4) is 0 Å². The van der Waals surface area contributed by atoms with Gasteiger partial charge in [-0.25, -0.2) is 14.3 Å². The molecule has 7 nitrogen and oxygen atoms in total. The molecule has 0 spiro atoms. The van der Waals surface area contributed by atoms with E-state index in [9.17, 15) is 22.8 Å². The number of imidazole rings is 1. The molecule has 0 bridgehead atoms. The van der Waals surface area contributed by atoms with Gasteiger partial charge in [0.2, 0.25) is 5.91 Å².